The second kappa shape index (κ2) is 3.83. The minimum absolute atomic E-state index is 0.913. The molecule has 3 aromatic rings. The van der Waals surface area contributed by atoms with Crippen LogP contribution in [0.1, 0.15) is 0 Å². The van der Waals surface area contributed by atoms with Crippen molar-refractivity contribution in [2.75, 3.05) is 0 Å². The van der Waals surface area contributed by atoms with Crippen molar-refractivity contribution in [1.82, 2.24) is 19.3 Å². The van der Waals surface area contributed by atoms with Gasteiger partial charge in [0.2, 0.25) is 0 Å². The fourth-order valence-electron chi connectivity index (χ4n) is 1.97. The van der Waals surface area contributed by atoms with E-state index in [4.69, 9.17) is 0 Å². The highest BCUT2D eigenvalue weighted by atomic mass is 127. The van der Waals surface area contributed by atoms with Gasteiger partial charge in [0.05, 0.1) is 14.6 Å². The maximum absolute atomic E-state index is 4.64. The van der Waals surface area contributed by atoms with E-state index in [0.717, 1.165) is 26.1 Å². The zero-order valence-electron chi connectivity index (χ0n) is 9.55. The Morgan fingerprint density at radius 3 is 2.59 bits per heavy atom. The molecule has 0 unspecified atom stereocenters. The van der Waals surface area contributed by atoms with Gasteiger partial charge in [-0.1, -0.05) is 12.1 Å². The van der Waals surface area contributed by atoms with Crippen molar-refractivity contribution in [3.63, 3.8) is 0 Å². The van der Waals surface area contributed by atoms with E-state index in [1.165, 1.54) is 0 Å². The summed E-state index contributed by atoms with van der Waals surface area (Å²) in [6.07, 6.45) is 2.00. The average molecular weight is 338 g/mol. The van der Waals surface area contributed by atoms with Gasteiger partial charge in [-0.25, -0.2) is 4.98 Å². The zero-order valence-corrected chi connectivity index (χ0v) is 11.7. The highest BCUT2D eigenvalue weighted by Crippen LogP contribution is 2.25. The molecule has 5 heteroatoms. The predicted octanol–water partition coefficient (Wildman–Crippen LogP) is 2.58. The molecule has 0 saturated heterocycles. The molecule has 0 N–H and O–H groups in total. The number of nitrogens with zero attached hydrogens (tertiary/aromatic N) is 4. The zero-order chi connectivity index (χ0) is 12.0. The molecule has 0 saturated carbocycles. The van der Waals surface area contributed by atoms with Gasteiger partial charge >= 0.3 is 0 Å². The van der Waals surface area contributed by atoms with Crippen LogP contribution in [0, 0.1) is 3.57 Å². The van der Waals surface area contributed by atoms with Crippen LogP contribution in [0.4, 0.5) is 0 Å². The standard InChI is InChI=1S/C12H11IN4/c1-16-7-8(13)11(15-16)12-14-9-5-3-4-6-10(9)17(12)2/h3-7H,1-2H3. The third kappa shape index (κ3) is 1.65. The maximum Gasteiger partial charge on any atom is 0.162 e. The van der Waals surface area contributed by atoms with Gasteiger partial charge in [0.15, 0.2) is 5.82 Å². The quantitative estimate of drug-likeness (QED) is 0.640. The summed E-state index contributed by atoms with van der Waals surface area (Å²) in [7, 11) is 3.95. The van der Waals surface area contributed by atoms with Crippen molar-refractivity contribution in [1.29, 1.82) is 0 Å². The van der Waals surface area contributed by atoms with E-state index in [-0.39, 0.29) is 0 Å². The third-order valence-electron chi connectivity index (χ3n) is 2.78. The Hall–Kier alpha value is -1.37. The molecular formula is C12H11IN4. The Balaban J connectivity index is 2.31. The summed E-state index contributed by atoms with van der Waals surface area (Å²) in [6.45, 7) is 0. The number of rotatable bonds is 1. The fraction of sp³-hybridized carbons (Fsp3) is 0.167. The lowest BCUT2D eigenvalue weighted by Gasteiger charge is -1.99. The Morgan fingerprint density at radius 1 is 1.18 bits per heavy atom. The highest BCUT2D eigenvalue weighted by Gasteiger charge is 2.15. The molecule has 0 fully saturated rings. The molecule has 2 aromatic heterocycles. The van der Waals surface area contributed by atoms with Crippen molar-refractivity contribution in [3.8, 4) is 11.5 Å². The molecule has 0 aliphatic carbocycles. The number of halogens is 1. The van der Waals surface area contributed by atoms with Crippen LogP contribution >= 0.6 is 22.6 Å². The fourth-order valence-corrected chi connectivity index (χ4v) is 2.72. The summed E-state index contributed by atoms with van der Waals surface area (Å²) >= 11 is 2.29. The molecule has 4 nitrogen and oxygen atoms in total. The maximum atomic E-state index is 4.64. The number of aryl methyl sites for hydroxylation is 2. The van der Waals surface area contributed by atoms with Crippen LogP contribution in [0.5, 0.6) is 0 Å². The summed E-state index contributed by atoms with van der Waals surface area (Å²) in [5.74, 6) is 0.913. The molecule has 0 amide bonds. The van der Waals surface area contributed by atoms with Gasteiger partial charge in [-0.3, -0.25) is 4.68 Å². The molecule has 3 rings (SSSR count). The molecular weight excluding hydrogens is 327 g/mol. The van der Waals surface area contributed by atoms with Gasteiger partial charge in [0, 0.05) is 20.3 Å². The van der Waals surface area contributed by atoms with Gasteiger partial charge in [-0.15, -0.1) is 0 Å². The number of benzene rings is 1. The first kappa shape index (κ1) is 10.8. The molecule has 0 atom stereocenters. The second-order valence-corrected chi connectivity index (χ2v) is 5.14. The monoisotopic (exact) mass is 338 g/mol. The largest absolute Gasteiger partial charge is 0.326 e. The lowest BCUT2D eigenvalue weighted by molar-refractivity contribution is 0.766. The van der Waals surface area contributed by atoms with Gasteiger partial charge in [-0.2, -0.15) is 5.10 Å². The van der Waals surface area contributed by atoms with E-state index in [1.807, 2.05) is 43.2 Å². The van der Waals surface area contributed by atoms with Crippen molar-refractivity contribution in [3.05, 3.63) is 34.0 Å². The van der Waals surface area contributed by atoms with E-state index in [0.29, 0.717) is 0 Å². The first-order chi connectivity index (χ1) is 8.16. The van der Waals surface area contributed by atoms with Crippen LogP contribution < -0.4 is 0 Å². The van der Waals surface area contributed by atoms with Gasteiger partial charge in [-0.05, 0) is 34.7 Å². The topological polar surface area (TPSA) is 35.6 Å². The molecule has 86 valence electrons. The normalized spacial score (nSPS) is 11.2. The van der Waals surface area contributed by atoms with Crippen molar-refractivity contribution in [2.45, 2.75) is 0 Å². The van der Waals surface area contributed by atoms with Crippen molar-refractivity contribution in [2.24, 2.45) is 14.1 Å². The van der Waals surface area contributed by atoms with Crippen LogP contribution in [0.2, 0.25) is 0 Å². The number of aromatic nitrogens is 4. The van der Waals surface area contributed by atoms with Crippen LogP contribution in [0.15, 0.2) is 30.5 Å². The Labute approximate surface area is 112 Å². The van der Waals surface area contributed by atoms with E-state index in [9.17, 15) is 0 Å². The summed E-state index contributed by atoms with van der Waals surface area (Å²) in [6, 6.07) is 8.12. The van der Waals surface area contributed by atoms with Crippen molar-refractivity contribution >= 4 is 33.6 Å². The van der Waals surface area contributed by atoms with Gasteiger partial charge < -0.3 is 4.57 Å². The molecule has 0 radical (unpaired) electrons. The van der Waals surface area contributed by atoms with Crippen LogP contribution in [0.3, 0.4) is 0 Å². The minimum atomic E-state index is 0.913. The van der Waals surface area contributed by atoms with E-state index >= 15 is 0 Å². The number of hydrogen-bond acceptors (Lipinski definition) is 2. The van der Waals surface area contributed by atoms with E-state index in [2.05, 4.69) is 43.3 Å². The number of para-hydroxylation sites is 2. The highest BCUT2D eigenvalue weighted by molar-refractivity contribution is 14.1. The Kier molecular flexibility index (Phi) is 2.43. The smallest absolute Gasteiger partial charge is 0.162 e. The van der Waals surface area contributed by atoms with Crippen LogP contribution in [0.25, 0.3) is 22.6 Å². The molecule has 17 heavy (non-hydrogen) atoms. The lowest BCUT2D eigenvalue weighted by Crippen LogP contribution is -1.95. The number of imidazole rings is 1. The molecule has 2 heterocycles. The Bertz CT molecular complexity index is 696. The lowest BCUT2D eigenvalue weighted by atomic mass is 10.3. The second-order valence-electron chi connectivity index (χ2n) is 3.98. The molecule has 0 aliphatic heterocycles. The first-order valence-corrected chi connectivity index (χ1v) is 6.35. The summed E-state index contributed by atoms with van der Waals surface area (Å²) in [5, 5.41) is 4.46. The van der Waals surface area contributed by atoms with Crippen LogP contribution in [-0.2, 0) is 14.1 Å². The SMILES string of the molecule is Cn1cc(I)c(-c2nc3ccccc3n2C)n1. The van der Waals surface area contributed by atoms with Gasteiger partial charge in [0.25, 0.3) is 0 Å². The van der Waals surface area contributed by atoms with Gasteiger partial charge in [0.1, 0.15) is 5.69 Å². The molecule has 1 aromatic carbocycles. The average Bonchev–Trinajstić information content (AvgIpc) is 2.80. The summed E-state index contributed by atoms with van der Waals surface area (Å²) in [5.41, 5.74) is 3.07. The third-order valence-corrected chi connectivity index (χ3v) is 3.57. The molecule has 0 spiro atoms. The minimum Gasteiger partial charge on any atom is -0.326 e. The first-order valence-electron chi connectivity index (χ1n) is 5.28. The molecule has 0 bridgehead atoms. The number of hydrogen-bond donors (Lipinski definition) is 0. The molecule has 0 aliphatic rings. The summed E-state index contributed by atoms with van der Waals surface area (Å²) in [4.78, 5) is 4.64. The van der Waals surface area contributed by atoms with E-state index in [1.54, 1.807) is 0 Å². The predicted molar refractivity (Wildman–Crippen MR) is 75.6 cm³/mol. The Morgan fingerprint density at radius 2 is 1.94 bits per heavy atom. The van der Waals surface area contributed by atoms with Crippen LogP contribution in [-0.4, -0.2) is 19.3 Å². The number of fused-ring (bicyclic) bond motifs is 1. The van der Waals surface area contributed by atoms with E-state index < -0.39 is 0 Å². The summed E-state index contributed by atoms with van der Waals surface area (Å²) < 4.78 is 5.01. The van der Waals surface area contributed by atoms with Crippen molar-refractivity contribution < 1.29 is 0 Å².